The average molecular weight is 324 g/mol. The Morgan fingerprint density at radius 3 is 2.57 bits per heavy atom. The molecular formula is C17H19F3N2O. The monoisotopic (exact) mass is 324 g/mol. The van der Waals surface area contributed by atoms with Crippen molar-refractivity contribution in [2.24, 2.45) is 0 Å². The Bertz CT molecular complexity index is 629. The smallest absolute Gasteiger partial charge is 0.416 e. The fraction of sp³-hybridized carbons (Fsp3) is 0.294. The van der Waals surface area contributed by atoms with E-state index in [4.69, 9.17) is 10.5 Å². The van der Waals surface area contributed by atoms with E-state index in [2.05, 4.69) is 5.32 Å². The number of ether oxygens (including phenoxy) is 1. The lowest BCUT2D eigenvalue weighted by atomic mass is 10.1. The van der Waals surface area contributed by atoms with Crippen LogP contribution in [0.25, 0.3) is 0 Å². The average Bonchev–Trinajstić information content (AvgIpc) is 2.50. The number of hydrogen-bond donors (Lipinski definition) is 2. The SMILES string of the molecule is Nc1cccc(OCCCNCc2cccc(C(F)(F)F)c2)c1. The number of nitrogen functional groups attached to an aromatic ring is 1. The van der Waals surface area contributed by atoms with Gasteiger partial charge in [-0.05, 0) is 36.7 Å². The topological polar surface area (TPSA) is 47.3 Å². The molecule has 3 N–H and O–H groups in total. The highest BCUT2D eigenvalue weighted by Gasteiger charge is 2.30. The molecule has 0 bridgehead atoms. The first-order valence-corrected chi connectivity index (χ1v) is 7.30. The molecule has 6 heteroatoms. The first kappa shape index (κ1) is 17.1. The second-order valence-electron chi connectivity index (χ2n) is 5.15. The Balaban J connectivity index is 1.68. The van der Waals surface area contributed by atoms with Crippen molar-refractivity contribution >= 4 is 5.69 Å². The Labute approximate surface area is 133 Å². The highest BCUT2D eigenvalue weighted by atomic mass is 19.4. The molecule has 0 aromatic heterocycles. The number of halogens is 3. The normalized spacial score (nSPS) is 11.4. The lowest BCUT2D eigenvalue weighted by molar-refractivity contribution is -0.137. The molecular weight excluding hydrogens is 305 g/mol. The minimum atomic E-state index is -4.30. The number of anilines is 1. The van der Waals surface area contributed by atoms with Crippen molar-refractivity contribution in [1.29, 1.82) is 0 Å². The van der Waals surface area contributed by atoms with E-state index in [0.717, 1.165) is 18.6 Å². The van der Waals surface area contributed by atoms with Crippen molar-refractivity contribution < 1.29 is 17.9 Å². The van der Waals surface area contributed by atoms with Crippen LogP contribution >= 0.6 is 0 Å². The lowest BCUT2D eigenvalue weighted by Crippen LogP contribution is -2.17. The summed E-state index contributed by atoms with van der Waals surface area (Å²) in [5.74, 6) is 0.711. The van der Waals surface area contributed by atoms with Crippen molar-refractivity contribution in [3.63, 3.8) is 0 Å². The molecule has 0 heterocycles. The number of rotatable bonds is 7. The lowest BCUT2D eigenvalue weighted by Gasteiger charge is -2.10. The van der Waals surface area contributed by atoms with E-state index in [1.165, 1.54) is 6.07 Å². The van der Waals surface area contributed by atoms with E-state index in [0.29, 0.717) is 36.7 Å². The van der Waals surface area contributed by atoms with Gasteiger partial charge in [-0.2, -0.15) is 13.2 Å². The maximum absolute atomic E-state index is 12.6. The van der Waals surface area contributed by atoms with E-state index in [1.54, 1.807) is 18.2 Å². The molecule has 0 spiro atoms. The van der Waals surface area contributed by atoms with Gasteiger partial charge in [-0.15, -0.1) is 0 Å². The molecule has 0 saturated carbocycles. The van der Waals surface area contributed by atoms with Crippen molar-refractivity contribution in [3.8, 4) is 5.75 Å². The van der Waals surface area contributed by atoms with Crippen LogP contribution in [0.2, 0.25) is 0 Å². The quantitative estimate of drug-likeness (QED) is 0.601. The third kappa shape index (κ3) is 5.83. The van der Waals surface area contributed by atoms with E-state index in [9.17, 15) is 13.2 Å². The second kappa shape index (κ2) is 7.87. The fourth-order valence-corrected chi connectivity index (χ4v) is 2.08. The predicted molar refractivity (Wildman–Crippen MR) is 84.1 cm³/mol. The van der Waals surface area contributed by atoms with Gasteiger partial charge in [-0.3, -0.25) is 0 Å². The Kier molecular flexibility index (Phi) is 5.87. The Hall–Kier alpha value is -2.21. The van der Waals surface area contributed by atoms with Crippen LogP contribution in [0.3, 0.4) is 0 Å². The fourth-order valence-electron chi connectivity index (χ4n) is 2.08. The standard InChI is InChI=1S/C17H19F3N2O/c18-17(19,20)14-5-1-4-13(10-14)12-22-8-3-9-23-16-7-2-6-15(21)11-16/h1-2,4-7,10-11,22H,3,8-9,12,21H2. The highest BCUT2D eigenvalue weighted by molar-refractivity contribution is 5.43. The van der Waals surface area contributed by atoms with Crippen LogP contribution in [0.1, 0.15) is 17.5 Å². The molecule has 0 saturated heterocycles. The van der Waals surface area contributed by atoms with Crippen LogP contribution < -0.4 is 15.8 Å². The summed E-state index contributed by atoms with van der Waals surface area (Å²) >= 11 is 0. The van der Waals surface area contributed by atoms with Crippen molar-refractivity contribution in [1.82, 2.24) is 5.32 Å². The maximum atomic E-state index is 12.6. The summed E-state index contributed by atoms with van der Waals surface area (Å²) in [4.78, 5) is 0. The van der Waals surface area contributed by atoms with Crippen LogP contribution in [-0.4, -0.2) is 13.2 Å². The number of hydrogen-bond acceptors (Lipinski definition) is 3. The van der Waals surface area contributed by atoms with E-state index in [1.807, 2.05) is 12.1 Å². The molecule has 0 radical (unpaired) electrons. The zero-order valence-corrected chi connectivity index (χ0v) is 12.6. The van der Waals surface area contributed by atoms with Gasteiger partial charge in [0.05, 0.1) is 12.2 Å². The van der Waals surface area contributed by atoms with Gasteiger partial charge < -0.3 is 15.8 Å². The molecule has 0 unspecified atom stereocenters. The summed E-state index contributed by atoms with van der Waals surface area (Å²) in [6.07, 6.45) is -3.56. The summed E-state index contributed by atoms with van der Waals surface area (Å²) in [5.41, 5.74) is 6.27. The Morgan fingerprint density at radius 2 is 1.83 bits per heavy atom. The van der Waals surface area contributed by atoms with Crippen molar-refractivity contribution in [3.05, 3.63) is 59.7 Å². The van der Waals surface area contributed by atoms with Gasteiger partial charge in [0, 0.05) is 18.3 Å². The van der Waals surface area contributed by atoms with Gasteiger partial charge in [0.25, 0.3) is 0 Å². The highest BCUT2D eigenvalue weighted by Crippen LogP contribution is 2.29. The summed E-state index contributed by atoms with van der Waals surface area (Å²) < 4.78 is 43.3. The minimum absolute atomic E-state index is 0.391. The number of alkyl halides is 3. The molecule has 0 aliphatic rings. The molecule has 0 aliphatic carbocycles. The molecule has 0 aliphatic heterocycles. The second-order valence-corrected chi connectivity index (χ2v) is 5.15. The largest absolute Gasteiger partial charge is 0.493 e. The van der Waals surface area contributed by atoms with Crippen molar-refractivity contribution in [2.75, 3.05) is 18.9 Å². The molecule has 3 nitrogen and oxygen atoms in total. The molecule has 2 aromatic carbocycles. The minimum Gasteiger partial charge on any atom is -0.493 e. The van der Waals surface area contributed by atoms with Gasteiger partial charge >= 0.3 is 6.18 Å². The number of nitrogens with one attached hydrogen (secondary N) is 1. The summed E-state index contributed by atoms with van der Waals surface area (Å²) in [5, 5.41) is 3.11. The third-order valence-corrected chi connectivity index (χ3v) is 3.21. The van der Waals surface area contributed by atoms with Gasteiger partial charge in [0.1, 0.15) is 5.75 Å². The summed E-state index contributed by atoms with van der Waals surface area (Å²) in [6, 6.07) is 12.5. The van der Waals surface area contributed by atoms with Crippen LogP contribution in [0, 0.1) is 0 Å². The number of benzene rings is 2. The van der Waals surface area contributed by atoms with Gasteiger partial charge in [0.15, 0.2) is 0 Å². The molecule has 0 amide bonds. The molecule has 0 atom stereocenters. The zero-order chi connectivity index (χ0) is 16.7. The predicted octanol–water partition coefficient (Wildman–Crippen LogP) is 3.85. The van der Waals surface area contributed by atoms with Gasteiger partial charge in [-0.1, -0.05) is 24.3 Å². The Morgan fingerprint density at radius 1 is 1.04 bits per heavy atom. The van der Waals surface area contributed by atoms with E-state index in [-0.39, 0.29) is 0 Å². The van der Waals surface area contributed by atoms with Crippen LogP contribution in [0.5, 0.6) is 5.75 Å². The first-order chi connectivity index (χ1) is 10.9. The molecule has 124 valence electrons. The van der Waals surface area contributed by atoms with E-state index < -0.39 is 11.7 Å². The first-order valence-electron chi connectivity index (χ1n) is 7.30. The summed E-state index contributed by atoms with van der Waals surface area (Å²) in [6.45, 7) is 1.56. The van der Waals surface area contributed by atoms with Crippen LogP contribution in [-0.2, 0) is 12.7 Å². The molecule has 2 rings (SSSR count). The summed E-state index contributed by atoms with van der Waals surface area (Å²) in [7, 11) is 0. The molecule has 0 fully saturated rings. The van der Waals surface area contributed by atoms with Crippen LogP contribution in [0.4, 0.5) is 18.9 Å². The van der Waals surface area contributed by atoms with Crippen molar-refractivity contribution in [2.45, 2.75) is 19.1 Å². The number of nitrogens with two attached hydrogens (primary N) is 1. The zero-order valence-electron chi connectivity index (χ0n) is 12.6. The van der Waals surface area contributed by atoms with Gasteiger partial charge in [0.2, 0.25) is 0 Å². The van der Waals surface area contributed by atoms with E-state index >= 15 is 0 Å². The van der Waals surface area contributed by atoms with Crippen LogP contribution in [0.15, 0.2) is 48.5 Å². The molecule has 23 heavy (non-hydrogen) atoms. The third-order valence-electron chi connectivity index (χ3n) is 3.21. The molecule has 2 aromatic rings. The maximum Gasteiger partial charge on any atom is 0.416 e. The van der Waals surface area contributed by atoms with Gasteiger partial charge in [-0.25, -0.2) is 0 Å².